The monoisotopic (exact) mass is 276 g/mol. The molecule has 0 amide bonds. The van der Waals surface area contributed by atoms with Gasteiger partial charge in [-0.25, -0.2) is 0 Å². The first-order chi connectivity index (χ1) is 8.85. The van der Waals surface area contributed by atoms with E-state index >= 15 is 0 Å². The molecule has 2 nitrogen and oxygen atoms in total. The second-order valence-electron chi connectivity index (χ2n) is 7.94. The van der Waals surface area contributed by atoms with Crippen LogP contribution in [0.25, 0.3) is 0 Å². The lowest BCUT2D eigenvalue weighted by Gasteiger charge is -2.28. The van der Waals surface area contributed by atoms with Crippen LogP contribution >= 0.6 is 0 Å². The molecule has 0 atom stereocenters. The standard InChI is InChI=1S/C18H28O2/c1-11(2)15(19)12-9-13(17(3,4)5)16(20)14(10-12)18(6,7)8/h9-11,20H,1-8H3. The second kappa shape index (κ2) is 5.23. The summed E-state index contributed by atoms with van der Waals surface area (Å²) >= 11 is 0. The summed E-state index contributed by atoms with van der Waals surface area (Å²) in [5, 5.41) is 10.6. The summed E-state index contributed by atoms with van der Waals surface area (Å²) in [6.45, 7) is 16.1. The van der Waals surface area contributed by atoms with Crippen LogP contribution in [0.4, 0.5) is 0 Å². The zero-order valence-electron chi connectivity index (χ0n) is 14.1. The number of hydrogen-bond acceptors (Lipinski definition) is 2. The number of phenolic OH excluding ortho intramolecular Hbond substituents is 1. The van der Waals surface area contributed by atoms with Gasteiger partial charge in [-0.05, 0) is 23.0 Å². The van der Waals surface area contributed by atoms with Gasteiger partial charge in [0.15, 0.2) is 5.78 Å². The van der Waals surface area contributed by atoms with Crippen molar-refractivity contribution in [3.05, 3.63) is 28.8 Å². The molecule has 0 unspecified atom stereocenters. The molecule has 2 heteroatoms. The van der Waals surface area contributed by atoms with Gasteiger partial charge in [0.05, 0.1) is 0 Å². The fourth-order valence-electron chi connectivity index (χ4n) is 2.25. The molecule has 0 radical (unpaired) electrons. The molecule has 0 bridgehead atoms. The molecular weight excluding hydrogens is 248 g/mol. The van der Waals surface area contributed by atoms with Crippen molar-refractivity contribution in [3.63, 3.8) is 0 Å². The number of ketones is 1. The molecule has 1 aromatic carbocycles. The molecule has 112 valence electrons. The molecule has 0 aliphatic carbocycles. The molecule has 0 heterocycles. The van der Waals surface area contributed by atoms with Crippen molar-refractivity contribution >= 4 is 5.78 Å². The summed E-state index contributed by atoms with van der Waals surface area (Å²) in [6, 6.07) is 3.71. The molecule has 1 aromatic rings. The average Bonchev–Trinajstić information content (AvgIpc) is 2.24. The maximum Gasteiger partial charge on any atom is 0.165 e. The van der Waals surface area contributed by atoms with Crippen LogP contribution in [0.2, 0.25) is 0 Å². The maximum absolute atomic E-state index is 12.3. The molecule has 0 aliphatic rings. The van der Waals surface area contributed by atoms with Crippen LogP contribution in [-0.2, 0) is 10.8 Å². The zero-order chi connectivity index (χ0) is 15.9. The quantitative estimate of drug-likeness (QED) is 0.786. The minimum Gasteiger partial charge on any atom is -0.507 e. The number of carbonyl (C=O) groups is 1. The van der Waals surface area contributed by atoms with Crippen molar-refractivity contribution < 1.29 is 9.90 Å². The van der Waals surface area contributed by atoms with Crippen molar-refractivity contribution in [1.82, 2.24) is 0 Å². The summed E-state index contributed by atoms with van der Waals surface area (Å²) in [6.07, 6.45) is 0. The Kier molecular flexibility index (Phi) is 4.38. The number of benzene rings is 1. The minimum atomic E-state index is -0.197. The first-order valence-electron chi connectivity index (χ1n) is 7.28. The van der Waals surface area contributed by atoms with Crippen LogP contribution < -0.4 is 0 Å². The lowest BCUT2D eigenvalue weighted by molar-refractivity contribution is 0.0939. The van der Waals surface area contributed by atoms with Gasteiger partial charge in [-0.2, -0.15) is 0 Å². The highest BCUT2D eigenvalue weighted by Crippen LogP contribution is 2.40. The van der Waals surface area contributed by atoms with E-state index in [4.69, 9.17) is 0 Å². The predicted octanol–water partition coefficient (Wildman–Crippen LogP) is 4.83. The van der Waals surface area contributed by atoms with Gasteiger partial charge in [-0.3, -0.25) is 4.79 Å². The molecule has 0 saturated heterocycles. The van der Waals surface area contributed by atoms with E-state index in [0.29, 0.717) is 11.3 Å². The van der Waals surface area contributed by atoms with Gasteiger partial charge in [-0.15, -0.1) is 0 Å². The third kappa shape index (κ3) is 3.41. The fraction of sp³-hybridized carbons (Fsp3) is 0.611. The highest BCUT2D eigenvalue weighted by Gasteiger charge is 2.28. The first kappa shape index (κ1) is 16.7. The first-order valence-corrected chi connectivity index (χ1v) is 7.28. The number of aromatic hydroxyl groups is 1. The SMILES string of the molecule is CC(C)C(=O)c1cc(C(C)(C)C)c(O)c(C(C)(C)C)c1. The Morgan fingerprint density at radius 2 is 1.30 bits per heavy atom. The van der Waals surface area contributed by atoms with E-state index in [0.717, 1.165) is 11.1 Å². The molecule has 1 rings (SSSR count). The highest BCUT2D eigenvalue weighted by atomic mass is 16.3. The summed E-state index contributed by atoms with van der Waals surface area (Å²) in [7, 11) is 0. The molecule has 0 fully saturated rings. The van der Waals surface area contributed by atoms with E-state index in [-0.39, 0.29) is 22.5 Å². The molecule has 20 heavy (non-hydrogen) atoms. The van der Waals surface area contributed by atoms with Crippen LogP contribution in [0.1, 0.15) is 76.9 Å². The van der Waals surface area contributed by atoms with Crippen molar-refractivity contribution in [1.29, 1.82) is 0 Å². The van der Waals surface area contributed by atoms with Crippen LogP contribution in [0, 0.1) is 5.92 Å². The normalized spacial score (nSPS) is 12.8. The summed E-state index contributed by atoms with van der Waals surface area (Å²) in [5.41, 5.74) is 1.99. The van der Waals surface area contributed by atoms with E-state index in [2.05, 4.69) is 41.5 Å². The largest absolute Gasteiger partial charge is 0.507 e. The van der Waals surface area contributed by atoms with Crippen LogP contribution in [0.15, 0.2) is 12.1 Å². The summed E-state index contributed by atoms with van der Waals surface area (Å²) in [4.78, 5) is 12.3. The Morgan fingerprint density at radius 3 is 1.55 bits per heavy atom. The molecule has 0 saturated carbocycles. The number of rotatable bonds is 2. The zero-order valence-corrected chi connectivity index (χ0v) is 14.1. The topological polar surface area (TPSA) is 37.3 Å². The lowest BCUT2D eigenvalue weighted by atomic mass is 9.77. The number of carbonyl (C=O) groups excluding carboxylic acids is 1. The van der Waals surface area contributed by atoms with E-state index in [1.54, 1.807) is 0 Å². The Balaban J connectivity index is 3.63. The van der Waals surface area contributed by atoms with Gasteiger partial charge in [0.1, 0.15) is 5.75 Å². The predicted molar refractivity (Wildman–Crippen MR) is 84.7 cm³/mol. The van der Waals surface area contributed by atoms with Gasteiger partial charge < -0.3 is 5.11 Å². The van der Waals surface area contributed by atoms with E-state index in [1.165, 1.54) is 0 Å². The molecule has 0 aliphatic heterocycles. The summed E-state index contributed by atoms with van der Waals surface area (Å²) in [5.74, 6) is 0.409. The third-order valence-corrected chi connectivity index (χ3v) is 3.53. The fourth-order valence-corrected chi connectivity index (χ4v) is 2.25. The Labute approximate surface area is 123 Å². The van der Waals surface area contributed by atoms with Gasteiger partial charge >= 0.3 is 0 Å². The lowest BCUT2D eigenvalue weighted by Crippen LogP contribution is -2.19. The van der Waals surface area contributed by atoms with Crippen molar-refractivity contribution in [2.45, 2.75) is 66.2 Å². The molecule has 0 aromatic heterocycles. The highest BCUT2D eigenvalue weighted by molar-refractivity contribution is 5.98. The number of hydrogen-bond donors (Lipinski definition) is 1. The number of phenols is 1. The molecule has 1 N–H and O–H groups in total. The van der Waals surface area contributed by atoms with Crippen molar-refractivity contribution in [2.75, 3.05) is 0 Å². The van der Waals surface area contributed by atoms with Gasteiger partial charge in [-0.1, -0.05) is 55.4 Å². The van der Waals surface area contributed by atoms with E-state index in [1.807, 2.05) is 26.0 Å². The smallest absolute Gasteiger partial charge is 0.165 e. The van der Waals surface area contributed by atoms with Crippen molar-refractivity contribution in [3.8, 4) is 5.75 Å². The van der Waals surface area contributed by atoms with E-state index < -0.39 is 0 Å². The maximum atomic E-state index is 12.3. The Bertz CT molecular complexity index is 476. The minimum absolute atomic E-state index is 0.0415. The van der Waals surface area contributed by atoms with E-state index in [9.17, 15) is 9.90 Å². The van der Waals surface area contributed by atoms with Gasteiger partial charge in [0.25, 0.3) is 0 Å². The van der Waals surface area contributed by atoms with Crippen LogP contribution in [-0.4, -0.2) is 10.9 Å². The number of Topliss-reactive ketones (excluding diaryl/α,β-unsaturated/α-hetero) is 1. The van der Waals surface area contributed by atoms with Gasteiger partial charge in [0, 0.05) is 22.6 Å². The van der Waals surface area contributed by atoms with Crippen LogP contribution in [0.5, 0.6) is 5.75 Å². The molecular formula is C18H28O2. The van der Waals surface area contributed by atoms with Gasteiger partial charge in [0.2, 0.25) is 0 Å². The van der Waals surface area contributed by atoms with Crippen molar-refractivity contribution in [2.24, 2.45) is 5.92 Å². The third-order valence-electron chi connectivity index (χ3n) is 3.53. The summed E-state index contributed by atoms with van der Waals surface area (Å²) < 4.78 is 0. The second-order valence-corrected chi connectivity index (χ2v) is 7.94. The Morgan fingerprint density at radius 1 is 0.950 bits per heavy atom. The van der Waals surface area contributed by atoms with Crippen LogP contribution in [0.3, 0.4) is 0 Å². The molecule has 0 spiro atoms. The average molecular weight is 276 g/mol. The Hall–Kier alpha value is -1.31.